The molecule has 0 atom stereocenters. The predicted octanol–water partition coefficient (Wildman–Crippen LogP) is 4.51. The molecule has 1 N–H and O–H groups in total. The zero-order valence-electron chi connectivity index (χ0n) is 11.8. The zero-order chi connectivity index (χ0) is 17.3. The van der Waals surface area contributed by atoms with E-state index in [-0.39, 0.29) is 31.6 Å². The summed E-state index contributed by atoms with van der Waals surface area (Å²) >= 11 is 0. The lowest BCUT2D eigenvalue weighted by Crippen LogP contribution is -2.43. The molecule has 1 saturated heterocycles. The second-order valence-corrected chi connectivity index (χ2v) is 5.31. The molecule has 1 heterocycles. The maximum atomic E-state index is 12.5. The molecule has 128 valence electrons. The van der Waals surface area contributed by atoms with Crippen LogP contribution >= 0.6 is 0 Å². The Labute approximate surface area is 128 Å². The summed E-state index contributed by atoms with van der Waals surface area (Å²) < 4.78 is 74.9. The van der Waals surface area contributed by atoms with E-state index in [4.69, 9.17) is 0 Å². The van der Waals surface area contributed by atoms with Gasteiger partial charge >= 0.3 is 18.4 Å². The van der Waals surface area contributed by atoms with E-state index in [1.165, 1.54) is 4.90 Å². The standard InChI is InChI=1S/C14H14F6N2O/c15-13(16,17)9-1-3-11(4-2-9)21-12(23)22-7-5-10(6-8-22)14(18,19)20/h1-4,10H,5-8H2,(H,21,23). The monoisotopic (exact) mass is 340 g/mol. The number of halogens is 6. The molecule has 1 aromatic carbocycles. The van der Waals surface area contributed by atoms with Crippen molar-refractivity contribution in [2.45, 2.75) is 25.2 Å². The minimum atomic E-state index is -4.47. The molecular weight excluding hydrogens is 326 g/mol. The van der Waals surface area contributed by atoms with Crippen molar-refractivity contribution < 1.29 is 31.1 Å². The first kappa shape index (κ1) is 17.4. The van der Waals surface area contributed by atoms with Crippen molar-refractivity contribution in [2.24, 2.45) is 5.92 Å². The molecule has 23 heavy (non-hydrogen) atoms. The second-order valence-electron chi connectivity index (χ2n) is 5.31. The summed E-state index contributed by atoms with van der Waals surface area (Å²) in [5, 5.41) is 2.38. The van der Waals surface area contributed by atoms with Gasteiger partial charge in [0.1, 0.15) is 0 Å². The van der Waals surface area contributed by atoms with Crippen LogP contribution in [0, 0.1) is 5.92 Å². The largest absolute Gasteiger partial charge is 0.416 e. The third kappa shape index (κ3) is 4.52. The molecule has 1 aromatic rings. The molecule has 1 fully saturated rings. The first-order valence-corrected chi connectivity index (χ1v) is 6.87. The topological polar surface area (TPSA) is 32.3 Å². The van der Waals surface area contributed by atoms with E-state index in [0.29, 0.717) is 0 Å². The highest BCUT2D eigenvalue weighted by Gasteiger charge is 2.41. The highest BCUT2D eigenvalue weighted by molar-refractivity contribution is 5.89. The Hall–Kier alpha value is -1.93. The van der Waals surface area contributed by atoms with Crippen LogP contribution in [0.25, 0.3) is 0 Å². The molecule has 3 nitrogen and oxygen atoms in total. The van der Waals surface area contributed by atoms with Gasteiger partial charge < -0.3 is 10.2 Å². The first-order valence-electron chi connectivity index (χ1n) is 6.87. The van der Waals surface area contributed by atoms with Gasteiger partial charge in [0, 0.05) is 18.8 Å². The maximum Gasteiger partial charge on any atom is 0.416 e. The molecule has 2 rings (SSSR count). The normalized spacial score (nSPS) is 17.2. The van der Waals surface area contributed by atoms with Crippen LogP contribution in [0.1, 0.15) is 18.4 Å². The average molecular weight is 340 g/mol. The number of hydrogen-bond donors (Lipinski definition) is 1. The van der Waals surface area contributed by atoms with Gasteiger partial charge in [0.05, 0.1) is 11.5 Å². The number of anilines is 1. The highest BCUT2D eigenvalue weighted by Crippen LogP contribution is 2.34. The number of carbonyl (C=O) groups is 1. The van der Waals surface area contributed by atoms with Gasteiger partial charge in [0.25, 0.3) is 0 Å². The van der Waals surface area contributed by atoms with Crippen LogP contribution in [0.2, 0.25) is 0 Å². The van der Waals surface area contributed by atoms with Crippen molar-refractivity contribution >= 4 is 11.7 Å². The quantitative estimate of drug-likeness (QED) is 0.750. The van der Waals surface area contributed by atoms with Gasteiger partial charge in [0.15, 0.2) is 0 Å². The second kappa shape index (κ2) is 6.29. The lowest BCUT2D eigenvalue weighted by Gasteiger charge is -2.32. The van der Waals surface area contributed by atoms with Gasteiger partial charge in [-0.15, -0.1) is 0 Å². The number of benzene rings is 1. The molecule has 0 unspecified atom stereocenters. The third-order valence-corrected chi connectivity index (χ3v) is 3.71. The number of nitrogens with zero attached hydrogens (tertiary/aromatic N) is 1. The number of piperidine rings is 1. The SMILES string of the molecule is O=C(Nc1ccc(C(F)(F)F)cc1)N1CCC(C(F)(F)F)CC1. The Kier molecular flexibility index (Phi) is 4.76. The molecule has 0 radical (unpaired) electrons. The van der Waals surface area contributed by atoms with Gasteiger partial charge in [-0.05, 0) is 37.1 Å². The van der Waals surface area contributed by atoms with Crippen molar-refractivity contribution in [1.82, 2.24) is 4.90 Å². The number of nitrogens with one attached hydrogen (secondary N) is 1. The van der Waals surface area contributed by atoms with Crippen molar-refractivity contribution in [2.75, 3.05) is 18.4 Å². The van der Waals surface area contributed by atoms with E-state index in [2.05, 4.69) is 5.32 Å². The van der Waals surface area contributed by atoms with Gasteiger partial charge in [-0.1, -0.05) is 0 Å². The molecule has 0 aromatic heterocycles. The summed E-state index contributed by atoms with van der Waals surface area (Å²) in [4.78, 5) is 13.1. The van der Waals surface area contributed by atoms with Crippen LogP contribution in [0.15, 0.2) is 24.3 Å². The summed E-state index contributed by atoms with van der Waals surface area (Å²) in [5.41, 5.74) is -0.692. The highest BCUT2D eigenvalue weighted by atomic mass is 19.4. The number of alkyl halides is 6. The minimum Gasteiger partial charge on any atom is -0.325 e. The molecule has 2 amide bonds. The first-order chi connectivity index (χ1) is 10.6. The lowest BCUT2D eigenvalue weighted by atomic mass is 9.96. The van der Waals surface area contributed by atoms with Crippen molar-refractivity contribution in [3.05, 3.63) is 29.8 Å². The van der Waals surface area contributed by atoms with Crippen LogP contribution < -0.4 is 5.32 Å². The molecule has 1 aliphatic rings. The molecule has 1 aliphatic heterocycles. The molecule has 0 spiro atoms. The number of hydrogen-bond acceptors (Lipinski definition) is 1. The average Bonchev–Trinajstić information content (AvgIpc) is 2.46. The minimum absolute atomic E-state index is 0.0450. The van der Waals surface area contributed by atoms with Gasteiger partial charge in [-0.25, -0.2) is 4.79 Å². The third-order valence-electron chi connectivity index (χ3n) is 3.71. The maximum absolute atomic E-state index is 12.5. The Morgan fingerprint density at radius 1 is 1.00 bits per heavy atom. The number of rotatable bonds is 1. The fourth-order valence-corrected chi connectivity index (χ4v) is 2.35. The summed E-state index contributed by atoms with van der Waals surface area (Å²) in [7, 11) is 0. The summed E-state index contributed by atoms with van der Waals surface area (Å²) in [6, 6.07) is 3.23. The van der Waals surface area contributed by atoms with E-state index >= 15 is 0 Å². The van der Waals surface area contributed by atoms with Crippen LogP contribution in [-0.2, 0) is 6.18 Å². The Bertz CT molecular complexity index is 544. The predicted molar refractivity (Wildman–Crippen MR) is 70.8 cm³/mol. The fraction of sp³-hybridized carbons (Fsp3) is 0.500. The summed E-state index contributed by atoms with van der Waals surface area (Å²) in [6.45, 7) is -0.0900. The lowest BCUT2D eigenvalue weighted by molar-refractivity contribution is -0.183. The molecule has 0 bridgehead atoms. The number of carbonyl (C=O) groups excluding carboxylic acids is 1. The number of urea groups is 1. The zero-order valence-corrected chi connectivity index (χ0v) is 11.8. The van der Waals surface area contributed by atoms with Crippen LogP contribution in [-0.4, -0.2) is 30.2 Å². The molecule has 0 aliphatic carbocycles. The fourth-order valence-electron chi connectivity index (χ4n) is 2.35. The van der Waals surface area contributed by atoms with E-state index in [1.807, 2.05) is 0 Å². The Morgan fingerprint density at radius 2 is 1.52 bits per heavy atom. The number of amides is 2. The van der Waals surface area contributed by atoms with Gasteiger partial charge in [0.2, 0.25) is 0 Å². The smallest absolute Gasteiger partial charge is 0.325 e. The Morgan fingerprint density at radius 3 is 1.96 bits per heavy atom. The van der Waals surface area contributed by atoms with Crippen LogP contribution in [0.5, 0.6) is 0 Å². The van der Waals surface area contributed by atoms with Crippen LogP contribution in [0.3, 0.4) is 0 Å². The number of likely N-dealkylation sites (tertiary alicyclic amines) is 1. The summed E-state index contributed by atoms with van der Waals surface area (Å²) in [6.07, 6.45) is -9.09. The van der Waals surface area contributed by atoms with Gasteiger partial charge in [-0.3, -0.25) is 0 Å². The molecule has 0 saturated carbocycles. The van der Waals surface area contributed by atoms with Crippen molar-refractivity contribution in [3.63, 3.8) is 0 Å². The molecular formula is C14H14F6N2O. The van der Waals surface area contributed by atoms with E-state index in [1.54, 1.807) is 0 Å². The Balaban J connectivity index is 1.91. The molecule has 9 heteroatoms. The van der Waals surface area contributed by atoms with Gasteiger partial charge in [-0.2, -0.15) is 26.3 Å². The van der Waals surface area contributed by atoms with E-state index in [9.17, 15) is 31.1 Å². The van der Waals surface area contributed by atoms with E-state index < -0.39 is 29.9 Å². The van der Waals surface area contributed by atoms with Crippen molar-refractivity contribution in [3.8, 4) is 0 Å². The summed E-state index contributed by atoms with van der Waals surface area (Å²) in [5.74, 6) is -1.42. The van der Waals surface area contributed by atoms with Crippen molar-refractivity contribution in [1.29, 1.82) is 0 Å². The van der Waals surface area contributed by atoms with Crippen LogP contribution in [0.4, 0.5) is 36.8 Å². The van der Waals surface area contributed by atoms with E-state index in [0.717, 1.165) is 24.3 Å².